The number of nitrogens with one attached hydrogen (secondary N) is 4. The molecule has 2 aromatic heterocycles. The summed E-state index contributed by atoms with van der Waals surface area (Å²) >= 11 is 14.1. The summed E-state index contributed by atoms with van der Waals surface area (Å²) in [4.78, 5) is 37.1. The lowest BCUT2D eigenvalue weighted by Gasteiger charge is -2.16. The fraction of sp³-hybridized carbons (Fsp3) is 0.324. The van der Waals surface area contributed by atoms with Crippen molar-refractivity contribution in [3.05, 3.63) is 76.0 Å². The molecule has 0 saturated carbocycles. The molecule has 0 radical (unpaired) electrons. The molecule has 2 aliphatic rings. The van der Waals surface area contributed by atoms with Gasteiger partial charge in [0.25, 0.3) is 0 Å². The van der Waals surface area contributed by atoms with Crippen LogP contribution >= 0.6 is 23.2 Å². The molecule has 2 aromatic carbocycles. The molecule has 0 aliphatic carbocycles. The van der Waals surface area contributed by atoms with Gasteiger partial charge >= 0.3 is 0 Å². The third kappa shape index (κ3) is 7.33. The van der Waals surface area contributed by atoms with Crippen molar-refractivity contribution >= 4 is 35.0 Å². The van der Waals surface area contributed by atoms with Crippen molar-refractivity contribution in [2.75, 3.05) is 27.3 Å². The van der Waals surface area contributed by atoms with Crippen molar-refractivity contribution < 1.29 is 19.1 Å². The van der Waals surface area contributed by atoms with E-state index < -0.39 is 0 Å². The molecule has 2 aliphatic heterocycles. The number of ether oxygens (including phenoxy) is 2. The van der Waals surface area contributed by atoms with Crippen LogP contribution in [-0.4, -0.2) is 66.2 Å². The second-order valence-corrected chi connectivity index (χ2v) is 12.2. The van der Waals surface area contributed by atoms with Crippen molar-refractivity contribution in [1.29, 1.82) is 0 Å². The fourth-order valence-corrected chi connectivity index (χ4v) is 6.47. The molecule has 0 spiro atoms. The second-order valence-electron chi connectivity index (χ2n) is 11.4. The van der Waals surface area contributed by atoms with Crippen LogP contribution in [0.3, 0.4) is 0 Å². The summed E-state index contributed by atoms with van der Waals surface area (Å²) in [6.45, 7) is 2.19. The van der Waals surface area contributed by atoms with E-state index in [0.29, 0.717) is 83.5 Å². The highest BCUT2D eigenvalue weighted by Gasteiger charge is 2.23. The minimum Gasteiger partial charge on any atom is -0.481 e. The predicted octanol–water partition coefficient (Wildman–Crippen LogP) is 4.54. The number of nitrogens with zero attached hydrogens (tertiary/aromatic N) is 3. The summed E-state index contributed by atoms with van der Waals surface area (Å²) < 4.78 is 11.2. The molecule has 11 nitrogen and oxygen atoms in total. The summed E-state index contributed by atoms with van der Waals surface area (Å²) in [5.41, 5.74) is 5.61. The number of hydrogen-bond donors (Lipinski definition) is 4. The average Bonchev–Trinajstić information content (AvgIpc) is 3.71. The minimum atomic E-state index is 0.0468. The van der Waals surface area contributed by atoms with Gasteiger partial charge in [0.05, 0.1) is 41.8 Å². The summed E-state index contributed by atoms with van der Waals surface area (Å²) in [6, 6.07) is 15.5. The maximum absolute atomic E-state index is 11.5. The highest BCUT2D eigenvalue weighted by atomic mass is 35.5. The molecule has 13 heteroatoms. The highest BCUT2D eigenvalue weighted by molar-refractivity contribution is 6.39. The van der Waals surface area contributed by atoms with Gasteiger partial charge in [0.1, 0.15) is 5.69 Å². The standard InChI is InChI=1S/C34H35Cl2N7O4/c1-46-33-19(14-38-21-13-30(45)40-16-21)9-11-26(42-33)24-7-3-5-22(31(24)35)23-6-4-8-25(32(23)36)27-18-39-28(34(43-27)47-2)17-37-15-20-10-12-29(44)41-20/h3-9,11,18,20-21,37-38H,10,12-17H2,1-2H3,(H,40,45)(H,41,44). The highest BCUT2D eigenvalue weighted by Crippen LogP contribution is 2.42. The second kappa shape index (κ2) is 14.6. The molecule has 2 saturated heterocycles. The lowest BCUT2D eigenvalue weighted by atomic mass is 9.98. The van der Waals surface area contributed by atoms with Crippen molar-refractivity contribution in [2.24, 2.45) is 0 Å². The zero-order valence-electron chi connectivity index (χ0n) is 26.0. The number of methoxy groups -OCH3 is 2. The van der Waals surface area contributed by atoms with Crippen LogP contribution in [0.25, 0.3) is 33.6 Å². The Bertz CT molecular complexity index is 1800. The number of halogens is 2. The van der Waals surface area contributed by atoms with E-state index in [2.05, 4.69) is 26.3 Å². The molecule has 244 valence electrons. The van der Waals surface area contributed by atoms with Crippen LogP contribution in [0.2, 0.25) is 10.0 Å². The molecule has 2 unspecified atom stereocenters. The fourth-order valence-electron chi connectivity index (χ4n) is 5.82. The van der Waals surface area contributed by atoms with Crippen LogP contribution in [0.15, 0.2) is 54.7 Å². The first-order chi connectivity index (χ1) is 22.8. The Balaban J connectivity index is 1.22. The van der Waals surface area contributed by atoms with Gasteiger partial charge < -0.3 is 30.7 Å². The molecule has 47 heavy (non-hydrogen) atoms. The first-order valence-corrected chi connectivity index (χ1v) is 16.1. The number of rotatable bonds is 12. The van der Waals surface area contributed by atoms with Crippen molar-refractivity contribution in [2.45, 2.75) is 44.4 Å². The lowest BCUT2D eigenvalue weighted by molar-refractivity contribution is -0.120. The smallest absolute Gasteiger partial charge is 0.237 e. The number of pyridine rings is 1. The minimum absolute atomic E-state index is 0.0468. The van der Waals surface area contributed by atoms with Crippen molar-refractivity contribution in [3.63, 3.8) is 0 Å². The number of carbonyl (C=O) groups excluding carboxylic acids is 2. The van der Waals surface area contributed by atoms with Gasteiger partial charge in [0, 0.05) is 78.9 Å². The number of carbonyl (C=O) groups is 2. The molecular weight excluding hydrogens is 641 g/mol. The van der Waals surface area contributed by atoms with E-state index in [1.54, 1.807) is 20.4 Å². The molecule has 2 atom stereocenters. The predicted molar refractivity (Wildman–Crippen MR) is 180 cm³/mol. The Labute approximate surface area is 282 Å². The van der Waals surface area contributed by atoms with Crippen LogP contribution in [0, 0.1) is 0 Å². The maximum Gasteiger partial charge on any atom is 0.237 e. The monoisotopic (exact) mass is 675 g/mol. The van der Waals surface area contributed by atoms with E-state index >= 15 is 0 Å². The quantitative estimate of drug-likeness (QED) is 0.170. The third-order valence-electron chi connectivity index (χ3n) is 8.30. The summed E-state index contributed by atoms with van der Waals surface area (Å²) in [7, 11) is 3.14. The van der Waals surface area contributed by atoms with Gasteiger partial charge in [-0.3, -0.25) is 14.6 Å². The van der Waals surface area contributed by atoms with E-state index in [4.69, 9.17) is 42.6 Å². The van der Waals surface area contributed by atoms with Gasteiger partial charge in [-0.1, -0.05) is 65.7 Å². The van der Waals surface area contributed by atoms with Crippen LogP contribution in [0.4, 0.5) is 0 Å². The number of benzene rings is 2. The Hall–Kier alpha value is -4.29. The Kier molecular flexibility index (Phi) is 10.2. The maximum atomic E-state index is 11.5. The van der Waals surface area contributed by atoms with Gasteiger partial charge in [0.15, 0.2) is 0 Å². The van der Waals surface area contributed by atoms with E-state index in [0.717, 1.165) is 28.7 Å². The Morgan fingerprint density at radius 1 is 0.851 bits per heavy atom. The molecule has 4 N–H and O–H groups in total. The van der Waals surface area contributed by atoms with Crippen LogP contribution in [0.1, 0.15) is 30.5 Å². The van der Waals surface area contributed by atoms with Gasteiger partial charge in [-0.15, -0.1) is 0 Å². The first kappa shape index (κ1) is 32.6. The van der Waals surface area contributed by atoms with Gasteiger partial charge in [-0.25, -0.2) is 9.97 Å². The normalized spacial score (nSPS) is 17.4. The van der Waals surface area contributed by atoms with E-state index in [1.165, 1.54) is 0 Å². The first-order valence-electron chi connectivity index (χ1n) is 15.4. The SMILES string of the molecule is COc1nc(-c2cccc(-c3cccc(-c4cnc(CNCC5CCC(=O)N5)c(OC)n4)c3Cl)c2Cl)ccc1CNC1CNC(=O)C1. The largest absolute Gasteiger partial charge is 0.481 e. The van der Waals surface area contributed by atoms with E-state index in [9.17, 15) is 9.59 Å². The summed E-state index contributed by atoms with van der Waals surface area (Å²) in [5, 5.41) is 13.5. The van der Waals surface area contributed by atoms with E-state index in [-0.39, 0.29) is 23.9 Å². The van der Waals surface area contributed by atoms with Crippen molar-refractivity contribution in [3.8, 4) is 45.4 Å². The van der Waals surface area contributed by atoms with Gasteiger partial charge in [0.2, 0.25) is 23.6 Å². The number of hydrogen-bond acceptors (Lipinski definition) is 9. The number of aromatic nitrogens is 3. The molecule has 4 heterocycles. The average molecular weight is 677 g/mol. The van der Waals surface area contributed by atoms with Gasteiger partial charge in [-0.2, -0.15) is 0 Å². The molecule has 2 amide bonds. The number of amides is 2. The van der Waals surface area contributed by atoms with E-state index in [1.807, 2.05) is 48.5 Å². The topological polar surface area (TPSA) is 139 Å². The van der Waals surface area contributed by atoms with Crippen LogP contribution in [-0.2, 0) is 22.7 Å². The molecule has 0 bridgehead atoms. The molecule has 2 fully saturated rings. The van der Waals surface area contributed by atoms with Gasteiger partial charge in [-0.05, 0) is 12.5 Å². The zero-order chi connectivity index (χ0) is 32.9. The van der Waals surface area contributed by atoms with Crippen LogP contribution in [0.5, 0.6) is 11.8 Å². The van der Waals surface area contributed by atoms with Crippen LogP contribution < -0.4 is 30.7 Å². The zero-order valence-corrected chi connectivity index (χ0v) is 27.5. The summed E-state index contributed by atoms with van der Waals surface area (Å²) in [5.74, 6) is 0.994. The molecule has 6 rings (SSSR count). The molecular formula is C34H35Cl2N7O4. The van der Waals surface area contributed by atoms with Crippen molar-refractivity contribution in [1.82, 2.24) is 36.2 Å². The Morgan fingerprint density at radius 2 is 1.53 bits per heavy atom. The lowest BCUT2D eigenvalue weighted by Crippen LogP contribution is -2.35. The third-order valence-corrected chi connectivity index (χ3v) is 9.12. The Morgan fingerprint density at radius 3 is 2.17 bits per heavy atom. The molecule has 4 aromatic rings. The summed E-state index contributed by atoms with van der Waals surface area (Å²) in [6.07, 6.45) is 3.49.